The van der Waals surface area contributed by atoms with Gasteiger partial charge >= 0.3 is 0 Å². The van der Waals surface area contributed by atoms with Crippen LogP contribution in [-0.4, -0.2) is 19.1 Å². The van der Waals surface area contributed by atoms with E-state index in [1.54, 1.807) is 6.07 Å². The van der Waals surface area contributed by atoms with E-state index in [0.717, 1.165) is 18.8 Å². The highest BCUT2D eigenvalue weighted by Gasteiger charge is 2.36. The summed E-state index contributed by atoms with van der Waals surface area (Å²) in [5, 5.41) is 0. The van der Waals surface area contributed by atoms with E-state index in [2.05, 4.69) is 11.8 Å². The van der Waals surface area contributed by atoms with Gasteiger partial charge in [0.2, 0.25) is 0 Å². The topological polar surface area (TPSA) is 29.3 Å². The minimum atomic E-state index is -0.157. The lowest BCUT2D eigenvalue weighted by Crippen LogP contribution is -2.52. The van der Waals surface area contributed by atoms with Crippen LogP contribution in [0.25, 0.3) is 0 Å². The van der Waals surface area contributed by atoms with Gasteiger partial charge in [0.05, 0.1) is 11.2 Å². The molecule has 1 aromatic rings. The van der Waals surface area contributed by atoms with Crippen LogP contribution in [0.5, 0.6) is 0 Å². The summed E-state index contributed by atoms with van der Waals surface area (Å²) in [5.74, 6) is 0.595. The molecule has 0 heterocycles. The second kappa shape index (κ2) is 5.91. The third-order valence-corrected chi connectivity index (χ3v) is 4.75. The molecule has 0 spiro atoms. The average Bonchev–Trinajstić information content (AvgIpc) is 2.61. The van der Waals surface area contributed by atoms with Gasteiger partial charge in [-0.05, 0) is 37.3 Å². The molecular formula is C16H25FN2. The fraction of sp³-hybridized carbons (Fsp3) is 0.625. The fourth-order valence-corrected chi connectivity index (χ4v) is 3.22. The van der Waals surface area contributed by atoms with Crippen molar-refractivity contribution >= 4 is 5.69 Å². The van der Waals surface area contributed by atoms with Gasteiger partial charge < -0.3 is 10.6 Å². The third-order valence-electron chi connectivity index (χ3n) is 4.75. The van der Waals surface area contributed by atoms with E-state index in [0.29, 0.717) is 12.2 Å². The van der Waals surface area contributed by atoms with Crippen LogP contribution in [0, 0.1) is 11.7 Å². The first kappa shape index (κ1) is 14.3. The maximum atomic E-state index is 14.0. The SMILES string of the molecule is CC1CCCC(CN)(N(C)c2ccccc2F)CC1. The highest BCUT2D eigenvalue weighted by Crippen LogP contribution is 2.36. The summed E-state index contributed by atoms with van der Waals surface area (Å²) < 4.78 is 14.0. The summed E-state index contributed by atoms with van der Waals surface area (Å²) in [5.41, 5.74) is 6.66. The molecule has 2 nitrogen and oxygen atoms in total. The van der Waals surface area contributed by atoms with Gasteiger partial charge in [-0.2, -0.15) is 0 Å². The zero-order valence-electron chi connectivity index (χ0n) is 12.0. The smallest absolute Gasteiger partial charge is 0.146 e. The van der Waals surface area contributed by atoms with Gasteiger partial charge in [0.25, 0.3) is 0 Å². The quantitative estimate of drug-likeness (QED) is 0.846. The predicted molar refractivity (Wildman–Crippen MR) is 78.8 cm³/mol. The van der Waals surface area contributed by atoms with Crippen LogP contribution in [0.15, 0.2) is 24.3 Å². The number of nitrogens with two attached hydrogens (primary N) is 1. The zero-order valence-corrected chi connectivity index (χ0v) is 12.0. The number of halogens is 1. The number of nitrogens with zero attached hydrogens (tertiary/aromatic N) is 1. The highest BCUT2D eigenvalue weighted by atomic mass is 19.1. The van der Waals surface area contributed by atoms with E-state index >= 15 is 0 Å². The second-order valence-corrected chi connectivity index (χ2v) is 5.97. The maximum Gasteiger partial charge on any atom is 0.146 e. The van der Waals surface area contributed by atoms with E-state index in [-0.39, 0.29) is 11.4 Å². The van der Waals surface area contributed by atoms with Crippen molar-refractivity contribution in [3.63, 3.8) is 0 Å². The summed E-state index contributed by atoms with van der Waals surface area (Å²) in [6, 6.07) is 6.99. The van der Waals surface area contributed by atoms with Crippen molar-refractivity contribution in [3.05, 3.63) is 30.1 Å². The average molecular weight is 264 g/mol. The zero-order chi connectivity index (χ0) is 13.9. The molecule has 0 aromatic heterocycles. The Morgan fingerprint density at radius 2 is 2.05 bits per heavy atom. The lowest BCUT2D eigenvalue weighted by molar-refractivity contribution is 0.354. The number of para-hydroxylation sites is 1. The Hall–Kier alpha value is -1.09. The second-order valence-electron chi connectivity index (χ2n) is 5.97. The molecule has 0 bridgehead atoms. The molecule has 1 aliphatic carbocycles. The van der Waals surface area contributed by atoms with Gasteiger partial charge in [-0.3, -0.25) is 0 Å². The minimum Gasteiger partial charge on any atom is -0.365 e. The van der Waals surface area contributed by atoms with Crippen molar-refractivity contribution in [1.29, 1.82) is 0 Å². The normalized spacial score (nSPS) is 27.9. The van der Waals surface area contributed by atoms with E-state index in [4.69, 9.17) is 5.73 Å². The molecule has 2 unspecified atom stereocenters. The van der Waals surface area contributed by atoms with Crippen molar-refractivity contribution in [1.82, 2.24) is 0 Å². The van der Waals surface area contributed by atoms with Gasteiger partial charge in [-0.1, -0.05) is 31.9 Å². The minimum absolute atomic E-state index is 0.0903. The van der Waals surface area contributed by atoms with Crippen molar-refractivity contribution in [2.45, 2.75) is 44.6 Å². The summed E-state index contributed by atoms with van der Waals surface area (Å²) in [6.45, 7) is 2.89. The number of anilines is 1. The van der Waals surface area contributed by atoms with Crippen molar-refractivity contribution < 1.29 is 4.39 Å². The van der Waals surface area contributed by atoms with E-state index in [1.807, 2.05) is 19.2 Å². The number of rotatable bonds is 3. The van der Waals surface area contributed by atoms with Crippen molar-refractivity contribution in [2.24, 2.45) is 11.7 Å². The molecule has 1 saturated carbocycles. The lowest BCUT2D eigenvalue weighted by Gasteiger charge is -2.42. The predicted octanol–water partition coefficient (Wildman–Crippen LogP) is 3.56. The van der Waals surface area contributed by atoms with Gasteiger partial charge in [-0.25, -0.2) is 4.39 Å². The van der Waals surface area contributed by atoms with Gasteiger partial charge in [-0.15, -0.1) is 0 Å². The van der Waals surface area contributed by atoms with Crippen LogP contribution < -0.4 is 10.6 Å². The molecule has 1 aliphatic rings. The van der Waals surface area contributed by atoms with E-state index in [1.165, 1.54) is 25.3 Å². The Kier molecular flexibility index (Phi) is 4.46. The number of benzene rings is 1. The van der Waals surface area contributed by atoms with Gasteiger partial charge in [0, 0.05) is 13.6 Å². The molecule has 0 aliphatic heterocycles. The van der Waals surface area contributed by atoms with Crippen LogP contribution in [0.4, 0.5) is 10.1 Å². The first-order valence-corrected chi connectivity index (χ1v) is 7.27. The summed E-state index contributed by atoms with van der Waals surface area (Å²) >= 11 is 0. The number of hydrogen-bond acceptors (Lipinski definition) is 2. The Morgan fingerprint density at radius 3 is 2.74 bits per heavy atom. The molecule has 2 rings (SSSR count). The first-order chi connectivity index (χ1) is 9.09. The largest absolute Gasteiger partial charge is 0.365 e. The highest BCUT2D eigenvalue weighted by molar-refractivity contribution is 5.49. The Balaban J connectivity index is 2.27. The monoisotopic (exact) mass is 264 g/mol. The molecular weight excluding hydrogens is 239 g/mol. The van der Waals surface area contributed by atoms with Crippen LogP contribution in [-0.2, 0) is 0 Å². The van der Waals surface area contributed by atoms with Gasteiger partial charge in [0.15, 0.2) is 0 Å². The molecule has 0 amide bonds. The van der Waals surface area contributed by atoms with Crippen LogP contribution in [0.3, 0.4) is 0 Å². The first-order valence-electron chi connectivity index (χ1n) is 7.27. The molecule has 19 heavy (non-hydrogen) atoms. The molecule has 3 heteroatoms. The summed E-state index contributed by atoms with van der Waals surface area (Å²) in [4.78, 5) is 2.08. The van der Waals surface area contributed by atoms with Crippen molar-refractivity contribution in [2.75, 3.05) is 18.5 Å². The summed E-state index contributed by atoms with van der Waals surface area (Å²) in [6.07, 6.45) is 5.72. The van der Waals surface area contributed by atoms with E-state index in [9.17, 15) is 4.39 Å². The van der Waals surface area contributed by atoms with Crippen LogP contribution in [0.1, 0.15) is 39.0 Å². The number of likely N-dealkylation sites (N-methyl/N-ethyl adjacent to an activating group) is 1. The van der Waals surface area contributed by atoms with E-state index < -0.39 is 0 Å². The van der Waals surface area contributed by atoms with Crippen molar-refractivity contribution in [3.8, 4) is 0 Å². The Bertz CT molecular complexity index is 421. The third kappa shape index (κ3) is 2.92. The standard InChI is InChI=1S/C16H25FN2/c1-13-6-5-10-16(12-18,11-9-13)19(2)15-8-4-3-7-14(15)17/h3-4,7-8,13H,5-6,9-12,18H2,1-2H3. The fourth-order valence-electron chi connectivity index (χ4n) is 3.22. The van der Waals surface area contributed by atoms with Crippen LogP contribution in [0.2, 0.25) is 0 Å². The lowest BCUT2D eigenvalue weighted by atomic mass is 9.87. The number of hydrogen-bond donors (Lipinski definition) is 1. The Labute approximate surface area is 115 Å². The molecule has 2 N–H and O–H groups in total. The molecule has 1 fully saturated rings. The molecule has 1 aromatic carbocycles. The summed E-state index contributed by atoms with van der Waals surface area (Å²) in [7, 11) is 1.99. The van der Waals surface area contributed by atoms with Crippen LogP contribution >= 0.6 is 0 Å². The van der Waals surface area contributed by atoms with Gasteiger partial charge in [0.1, 0.15) is 5.82 Å². The molecule has 0 saturated heterocycles. The molecule has 2 atom stereocenters. The molecule has 0 radical (unpaired) electrons. The maximum absolute atomic E-state index is 14.0. The molecule has 106 valence electrons. The Morgan fingerprint density at radius 1 is 1.32 bits per heavy atom.